The molecule has 1 aromatic rings. The van der Waals surface area contributed by atoms with E-state index >= 15 is 0 Å². The van der Waals surface area contributed by atoms with Crippen LogP contribution in [0.1, 0.15) is 16.4 Å². The molecule has 1 aliphatic heterocycles. The number of aryl methyl sites for hydroxylation is 1. The van der Waals surface area contributed by atoms with Crippen molar-refractivity contribution >= 4 is 11.3 Å². The van der Waals surface area contributed by atoms with Crippen molar-refractivity contribution in [3.63, 3.8) is 0 Å². The lowest BCUT2D eigenvalue weighted by Crippen LogP contribution is -2.21. The maximum absolute atomic E-state index is 9.31. The van der Waals surface area contributed by atoms with Crippen LogP contribution in [0.25, 0.3) is 0 Å². The maximum Gasteiger partial charge on any atom is 0.131 e. The lowest BCUT2D eigenvalue weighted by molar-refractivity contribution is 0.174. The quantitative estimate of drug-likeness (QED) is 0.749. The van der Waals surface area contributed by atoms with Crippen molar-refractivity contribution in [3.05, 3.63) is 10.0 Å². The Morgan fingerprint density at radius 1 is 1.62 bits per heavy atom. The summed E-state index contributed by atoms with van der Waals surface area (Å²) in [7, 11) is 0. The van der Waals surface area contributed by atoms with Gasteiger partial charge in [0.05, 0.1) is 12.6 Å². The topological polar surface area (TPSA) is 49.2 Å². The zero-order chi connectivity index (χ0) is 9.26. The first-order valence-corrected chi connectivity index (χ1v) is 5.25. The Labute approximate surface area is 81.2 Å². The summed E-state index contributed by atoms with van der Waals surface area (Å²) in [5.74, 6) is 0. The maximum atomic E-state index is 9.31. The standard InChI is InChI=1S/C8H13N3OS/c1-6-9-10-8(13-6)5-11-3-2-7(12)4-11/h7,12H,2-5H2,1H3/t7-/m1/s1. The molecule has 13 heavy (non-hydrogen) atoms. The zero-order valence-corrected chi connectivity index (χ0v) is 8.42. The zero-order valence-electron chi connectivity index (χ0n) is 7.60. The number of hydrogen-bond acceptors (Lipinski definition) is 5. The molecule has 5 heteroatoms. The van der Waals surface area contributed by atoms with Crippen LogP contribution in [0, 0.1) is 6.92 Å². The third-order valence-corrected chi connectivity index (χ3v) is 3.00. The molecule has 0 bridgehead atoms. The molecule has 1 aliphatic rings. The highest BCUT2D eigenvalue weighted by Gasteiger charge is 2.20. The summed E-state index contributed by atoms with van der Waals surface area (Å²) in [6.45, 7) is 4.54. The van der Waals surface area contributed by atoms with E-state index in [1.807, 2.05) is 6.92 Å². The van der Waals surface area contributed by atoms with Crippen molar-refractivity contribution in [1.82, 2.24) is 15.1 Å². The van der Waals surface area contributed by atoms with Gasteiger partial charge in [0.25, 0.3) is 0 Å². The van der Waals surface area contributed by atoms with Crippen LogP contribution in [0.3, 0.4) is 0 Å². The van der Waals surface area contributed by atoms with Crippen LogP contribution in [0.5, 0.6) is 0 Å². The first kappa shape index (κ1) is 9.05. The Balaban J connectivity index is 1.91. The van der Waals surface area contributed by atoms with Gasteiger partial charge < -0.3 is 5.11 Å². The third-order valence-electron chi connectivity index (χ3n) is 2.17. The summed E-state index contributed by atoms with van der Waals surface area (Å²) in [5, 5.41) is 19.4. The lowest BCUT2D eigenvalue weighted by Gasteiger charge is -2.11. The highest BCUT2D eigenvalue weighted by Crippen LogP contribution is 2.15. The Hall–Kier alpha value is -0.520. The minimum Gasteiger partial charge on any atom is -0.392 e. The SMILES string of the molecule is Cc1nnc(CN2CC[C@@H](O)C2)s1. The van der Waals surface area contributed by atoms with Crippen molar-refractivity contribution < 1.29 is 5.11 Å². The molecule has 0 radical (unpaired) electrons. The number of aromatic nitrogens is 2. The summed E-state index contributed by atoms with van der Waals surface area (Å²) in [5.41, 5.74) is 0. The van der Waals surface area contributed by atoms with E-state index in [-0.39, 0.29) is 6.10 Å². The summed E-state index contributed by atoms with van der Waals surface area (Å²) >= 11 is 1.63. The molecule has 1 fully saturated rings. The fourth-order valence-corrected chi connectivity index (χ4v) is 2.30. The molecule has 0 unspecified atom stereocenters. The van der Waals surface area contributed by atoms with Crippen molar-refractivity contribution in [2.75, 3.05) is 13.1 Å². The number of β-amino-alcohol motifs (C(OH)–C–C–N with tert-alkyl or cyclic N) is 1. The summed E-state index contributed by atoms with van der Waals surface area (Å²) in [4.78, 5) is 2.21. The van der Waals surface area contributed by atoms with E-state index < -0.39 is 0 Å². The fraction of sp³-hybridized carbons (Fsp3) is 0.750. The molecular formula is C8H13N3OS. The van der Waals surface area contributed by atoms with E-state index in [2.05, 4.69) is 15.1 Å². The van der Waals surface area contributed by atoms with E-state index in [9.17, 15) is 5.11 Å². The molecule has 0 aliphatic carbocycles. The molecule has 1 N–H and O–H groups in total. The molecule has 1 saturated heterocycles. The molecule has 0 saturated carbocycles. The van der Waals surface area contributed by atoms with Gasteiger partial charge >= 0.3 is 0 Å². The Kier molecular flexibility index (Phi) is 2.57. The molecule has 1 atom stereocenters. The van der Waals surface area contributed by atoms with Gasteiger partial charge in [-0.25, -0.2) is 0 Å². The van der Waals surface area contributed by atoms with Crippen molar-refractivity contribution in [2.45, 2.75) is 26.0 Å². The fourth-order valence-electron chi connectivity index (χ4n) is 1.55. The molecular weight excluding hydrogens is 186 g/mol. The average Bonchev–Trinajstić information content (AvgIpc) is 2.62. The van der Waals surface area contributed by atoms with E-state index in [1.165, 1.54) is 0 Å². The highest BCUT2D eigenvalue weighted by atomic mass is 32.1. The largest absolute Gasteiger partial charge is 0.392 e. The van der Waals surface area contributed by atoms with Crippen LogP contribution in [0.15, 0.2) is 0 Å². The van der Waals surface area contributed by atoms with Gasteiger partial charge in [0.1, 0.15) is 10.0 Å². The predicted octanol–water partition coefficient (Wildman–Crippen LogP) is 0.413. The van der Waals surface area contributed by atoms with Gasteiger partial charge in [0, 0.05) is 13.1 Å². The summed E-state index contributed by atoms with van der Waals surface area (Å²) < 4.78 is 0. The third kappa shape index (κ3) is 2.24. The summed E-state index contributed by atoms with van der Waals surface area (Å²) in [6, 6.07) is 0. The monoisotopic (exact) mass is 199 g/mol. The van der Waals surface area contributed by atoms with E-state index in [1.54, 1.807) is 11.3 Å². The van der Waals surface area contributed by atoms with Crippen LogP contribution < -0.4 is 0 Å². The summed E-state index contributed by atoms with van der Waals surface area (Å²) in [6.07, 6.45) is 0.742. The molecule has 2 rings (SSSR count). The van der Waals surface area contributed by atoms with Gasteiger partial charge in [-0.3, -0.25) is 4.90 Å². The van der Waals surface area contributed by atoms with Gasteiger partial charge in [-0.1, -0.05) is 0 Å². The number of rotatable bonds is 2. The van der Waals surface area contributed by atoms with Crippen molar-refractivity contribution in [3.8, 4) is 0 Å². The second kappa shape index (κ2) is 3.69. The van der Waals surface area contributed by atoms with Crippen LogP contribution >= 0.6 is 11.3 Å². The van der Waals surface area contributed by atoms with E-state index in [4.69, 9.17) is 0 Å². The Morgan fingerprint density at radius 2 is 2.46 bits per heavy atom. The second-order valence-electron chi connectivity index (χ2n) is 3.39. The van der Waals surface area contributed by atoms with Crippen LogP contribution in [0.4, 0.5) is 0 Å². The number of aliphatic hydroxyl groups excluding tert-OH is 1. The minimum atomic E-state index is -0.144. The molecule has 0 aromatic carbocycles. The minimum absolute atomic E-state index is 0.144. The smallest absolute Gasteiger partial charge is 0.131 e. The van der Waals surface area contributed by atoms with Crippen LogP contribution in [-0.4, -0.2) is 39.4 Å². The van der Waals surface area contributed by atoms with Gasteiger partial charge in [-0.15, -0.1) is 21.5 Å². The number of nitrogens with zero attached hydrogens (tertiary/aromatic N) is 3. The van der Waals surface area contributed by atoms with E-state index in [0.717, 1.165) is 36.1 Å². The van der Waals surface area contributed by atoms with E-state index in [0.29, 0.717) is 0 Å². The lowest BCUT2D eigenvalue weighted by atomic mass is 10.3. The van der Waals surface area contributed by atoms with Crippen LogP contribution in [-0.2, 0) is 6.54 Å². The number of aliphatic hydroxyl groups is 1. The van der Waals surface area contributed by atoms with Gasteiger partial charge in [-0.05, 0) is 13.3 Å². The second-order valence-corrected chi connectivity index (χ2v) is 4.66. The molecule has 0 amide bonds. The van der Waals surface area contributed by atoms with Gasteiger partial charge in [0.15, 0.2) is 0 Å². The van der Waals surface area contributed by atoms with Crippen molar-refractivity contribution in [2.24, 2.45) is 0 Å². The van der Waals surface area contributed by atoms with Crippen LogP contribution in [0.2, 0.25) is 0 Å². The first-order chi connectivity index (χ1) is 6.24. The highest BCUT2D eigenvalue weighted by molar-refractivity contribution is 7.11. The average molecular weight is 199 g/mol. The molecule has 1 aromatic heterocycles. The number of likely N-dealkylation sites (tertiary alicyclic amines) is 1. The predicted molar refractivity (Wildman–Crippen MR) is 50.5 cm³/mol. The van der Waals surface area contributed by atoms with Gasteiger partial charge in [-0.2, -0.15) is 0 Å². The Morgan fingerprint density at radius 3 is 3.00 bits per heavy atom. The molecule has 2 heterocycles. The molecule has 0 spiro atoms. The first-order valence-electron chi connectivity index (χ1n) is 4.43. The van der Waals surface area contributed by atoms with Gasteiger partial charge in [0.2, 0.25) is 0 Å². The Bertz CT molecular complexity index is 289. The number of hydrogen-bond donors (Lipinski definition) is 1. The van der Waals surface area contributed by atoms with Crippen molar-refractivity contribution in [1.29, 1.82) is 0 Å². The molecule has 72 valence electrons. The molecule has 4 nitrogen and oxygen atoms in total. The normalized spacial score (nSPS) is 24.0.